The van der Waals surface area contributed by atoms with Gasteiger partial charge in [-0.3, -0.25) is 9.69 Å². The third-order valence-corrected chi connectivity index (χ3v) is 3.87. The number of hydrogen-bond donors (Lipinski definition) is 1. The van der Waals surface area contributed by atoms with Crippen LogP contribution in [0.5, 0.6) is 0 Å². The standard InChI is InChI=1S/C14H24N4O/c1-5-11-9-18(7-6-17(11)4)12-8-13(19)16-14(15-12)10(2)3/h8,10-11H,5-7,9H2,1-4H3,(H,15,16,19). The minimum absolute atomic E-state index is 0.0549. The van der Waals surface area contributed by atoms with E-state index in [0.717, 1.165) is 37.7 Å². The van der Waals surface area contributed by atoms with Gasteiger partial charge in [0, 0.05) is 37.7 Å². The van der Waals surface area contributed by atoms with Crippen LogP contribution in [0, 0.1) is 0 Å². The lowest BCUT2D eigenvalue weighted by molar-refractivity contribution is 0.213. The van der Waals surface area contributed by atoms with E-state index in [1.165, 1.54) is 0 Å². The maximum absolute atomic E-state index is 11.7. The fourth-order valence-corrected chi connectivity index (χ4v) is 2.49. The maximum Gasteiger partial charge on any atom is 0.252 e. The fraction of sp³-hybridized carbons (Fsp3) is 0.714. The number of aromatic amines is 1. The number of hydrogen-bond acceptors (Lipinski definition) is 4. The number of piperazine rings is 1. The third-order valence-electron chi connectivity index (χ3n) is 3.87. The van der Waals surface area contributed by atoms with Crippen LogP contribution in [0.4, 0.5) is 5.82 Å². The minimum Gasteiger partial charge on any atom is -0.354 e. The van der Waals surface area contributed by atoms with Gasteiger partial charge in [0.2, 0.25) is 0 Å². The lowest BCUT2D eigenvalue weighted by atomic mass is 10.1. The maximum atomic E-state index is 11.7. The van der Waals surface area contributed by atoms with Gasteiger partial charge in [-0.2, -0.15) is 0 Å². The number of anilines is 1. The van der Waals surface area contributed by atoms with Crippen molar-refractivity contribution < 1.29 is 0 Å². The van der Waals surface area contributed by atoms with E-state index in [4.69, 9.17) is 0 Å². The molecule has 0 amide bonds. The summed E-state index contributed by atoms with van der Waals surface area (Å²) in [5.74, 6) is 1.83. The first-order valence-corrected chi connectivity index (χ1v) is 7.07. The zero-order valence-electron chi connectivity index (χ0n) is 12.3. The van der Waals surface area contributed by atoms with Crippen LogP contribution in [0.3, 0.4) is 0 Å². The summed E-state index contributed by atoms with van der Waals surface area (Å²) in [7, 11) is 2.16. The van der Waals surface area contributed by atoms with Crippen molar-refractivity contribution in [1.29, 1.82) is 0 Å². The number of rotatable bonds is 3. The van der Waals surface area contributed by atoms with Crippen molar-refractivity contribution in [2.24, 2.45) is 0 Å². The topological polar surface area (TPSA) is 52.2 Å². The predicted octanol–water partition coefficient (Wildman–Crippen LogP) is 1.42. The highest BCUT2D eigenvalue weighted by atomic mass is 16.1. The Hall–Kier alpha value is -1.36. The first kappa shape index (κ1) is 14.1. The Bertz CT molecular complexity index is 483. The van der Waals surface area contributed by atoms with E-state index in [1.54, 1.807) is 6.07 Å². The number of nitrogens with one attached hydrogen (secondary N) is 1. The van der Waals surface area contributed by atoms with E-state index < -0.39 is 0 Å². The van der Waals surface area contributed by atoms with Crippen molar-refractivity contribution >= 4 is 5.82 Å². The molecule has 2 rings (SSSR count). The second-order valence-corrected chi connectivity index (χ2v) is 5.63. The first-order chi connectivity index (χ1) is 9.01. The summed E-state index contributed by atoms with van der Waals surface area (Å²) >= 11 is 0. The van der Waals surface area contributed by atoms with Crippen LogP contribution in [0.1, 0.15) is 38.9 Å². The molecule has 1 N–H and O–H groups in total. The van der Waals surface area contributed by atoms with Crippen LogP contribution in [0.15, 0.2) is 10.9 Å². The molecule has 106 valence electrons. The van der Waals surface area contributed by atoms with Crippen LogP contribution in [-0.2, 0) is 0 Å². The summed E-state index contributed by atoms with van der Waals surface area (Å²) in [4.78, 5) is 23.8. The second kappa shape index (κ2) is 5.74. The Labute approximate surface area is 114 Å². The van der Waals surface area contributed by atoms with Crippen LogP contribution in [0.2, 0.25) is 0 Å². The average Bonchev–Trinajstić information content (AvgIpc) is 2.38. The van der Waals surface area contributed by atoms with Gasteiger partial charge in [0.25, 0.3) is 5.56 Å². The quantitative estimate of drug-likeness (QED) is 0.897. The molecular weight excluding hydrogens is 240 g/mol. The predicted molar refractivity (Wildman–Crippen MR) is 77.9 cm³/mol. The largest absolute Gasteiger partial charge is 0.354 e. The van der Waals surface area contributed by atoms with E-state index >= 15 is 0 Å². The van der Waals surface area contributed by atoms with E-state index in [1.807, 2.05) is 13.8 Å². The minimum atomic E-state index is -0.0549. The summed E-state index contributed by atoms with van der Waals surface area (Å²) < 4.78 is 0. The summed E-state index contributed by atoms with van der Waals surface area (Å²) in [5.41, 5.74) is -0.0549. The van der Waals surface area contributed by atoms with E-state index in [2.05, 4.69) is 33.7 Å². The fourth-order valence-electron chi connectivity index (χ4n) is 2.49. The van der Waals surface area contributed by atoms with Crippen LogP contribution in [-0.4, -0.2) is 47.6 Å². The molecule has 0 saturated carbocycles. The van der Waals surface area contributed by atoms with E-state index in [9.17, 15) is 4.79 Å². The first-order valence-electron chi connectivity index (χ1n) is 7.07. The van der Waals surface area contributed by atoms with Crippen molar-refractivity contribution in [2.75, 3.05) is 31.6 Å². The van der Waals surface area contributed by atoms with Gasteiger partial charge in [-0.1, -0.05) is 20.8 Å². The molecule has 1 fully saturated rings. The van der Waals surface area contributed by atoms with E-state index in [-0.39, 0.29) is 11.5 Å². The molecule has 0 aromatic carbocycles. The molecule has 0 spiro atoms. The third kappa shape index (κ3) is 3.15. The molecule has 1 atom stereocenters. The van der Waals surface area contributed by atoms with Crippen LogP contribution < -0.4 is 10.5 Å². The van der Waals surface area contributed by atoms with Gasteiger partial charge < -0.3 is 9.88 Å². The van der Waals surface area contributed by atoms with Crippen molar-refractivity contribution in [1.82, 2.24) is 14.9 Å². The zero-order valence-corrected chi connectivity index (χ0v) is 12.3. The Balaban J connectivity index is 2.24. The molecule has 1 aromatic heterocycles. The normalized spacial score (nSPS) is 21.1. The van der Waals surface area contributed by atoms with Gasteiger partial charge in [-0.25, -0.2) is 4.98 Å². The zero-order chi connectivity index (χ0) is 14.0. The smallest absolute Gasteiger partial charge is 0.252 e. The molecule has 1 unspecified atom stereocenters. The van der Waals surface area contributed by atoms with Crippen LogP contribution in [0.25, 0.3) is 0 Å². The average molecular weight is 264 g/mol. The molecule has 1 aromatic rings. The summed E-state index contributed by atoms with van der Waals surface area (Å²) in [5, 5.41) is 0. The molecule has 0 aliphatic carbocycles. The molecule has 1 aliphatic heterocycles. The number of aromatic nitrogens is 2. The second-order valence-electron chi connectivity index (χ2n) is 5.63. The molecule has 2 heterocycles. The van der Waals surface area contributed by atoms with Crippen molar-refractivity contribution in [3.8, 4) is 0 Å². The van der Waals surface area contributed by atoms with Gasteiger partial charge in [0.1, 0.15) is 11.6 Å². The monoisotopic (exact) mass is 264 g/mol. The molecule has 0 radical (unpaired) electrons. The highest BCUT2D eigenvalue weighted by Crippen LogP contribution is 2.18. The van der Waals surface area contributed by atoms with Gasteiger partial charge in [-0.05, 0) is 13.5 Å². The van der Waals surface area contributed by atoms with Crippen molar-refractivity contribution in [2.45, 2.75) is 39.2 Å². The summed E-state index contributed by atoms with van der Waals surface area (Å²) in [6, 6.07) is 2.15. The molecule has 1 saturated heterocycles. The lowest BCUT2D eigenvalue weighted by Gasteiger charge is -2.39. The Morgan fingerprint density at radius 1 is 1.47 bits per heavy atom. The number of likely N-dealkylation sites (N-methyl/N-ethyl adjacent to an activating group) is 1. The molecular formula is C14H24N4O. The van der Waals surface area contributed by atoms with Gasteiger partial charge in [0.05, 0.1) is 0 Å². The highest BCUT2D eigenvalue weighted by Gasteiger charge is 2.24. The Morgan fingerprint density at radius 2 is 2.21 bits per heavy atom. The van der Waals surface area contributed by atoms with E-state index in [0.29, 0.717) is 6.04 Å². The van der Waals surface area contributed by atoms with Crippen molar-refractivity contribution in [3.05, 3.63) is 22.2 Å². The van der Waals surface area contributed by atoms with Gasteiger partial charge in [0.15, 0.2) is 0 Å². The molecule has 1 aliphatic rings. The SMILES string of the molecule is CCC1CN(c2cc(=O)[nH]c(C(C)C)n2)CCN1C. The summed E-state index contributed by atoms with van der Waals surface area (Å²) in [6.07, 6.45) is 1.12. The molecule has 5 nitrogen and oxygen atoms in total. The van der Waals surface area contributed by atoms with Crippen LogP contribution >= 0.6 is 0 Å². The van der Waals surface area contributed by atoms with Crippen molar-refractivity contribution in [3.63, 3.8) is 0 Å². The van der Waals surface area contributed by atoms with Gasteiger partial charge in [-0.15, -0.1) is 0 Å². The highest BCUT2D eigenvalue weighted by molar-refractivity contribution is 5.38. The number of H-pyrrole nitrogens is 1. The molecule has 0 bridgehead atoms. The number of nitrogens with zero attached hydrogens (tertiary/aromatic N) is 3. The Kier molecular flexibility index (Phi) is 4.24. The lowest BCUT2D eigenvalue weighted by Crippen LogP contribution is -2.51. The molecule has 19 heavy (non-hydrogen) atoms. The van der Waals surface area contributed by atoms with Gasteiger partial charge >= 0.3 is 0 Å². The Morgan fingerprint density at radius 3 is 2.84 bits per heavy atom. The molecule has 5 heteroatoms. The summed E-state index contributed by atoms with van der Waals surface area (Å²) in [6.45, 7) is 9.18.